The second-order valence-corrected chi connectivity index (χ2v) is 9.17. The van der Waals surface area contributed by atoms with Crippen molar-refractivity contribution in [3.8, 4) is 5.75 Å². The van der Waals surface area contributed by atoms with E-state index in [-0.39, 0.29) is 19.1 Å². The normalized spacial score (nSPS) is 11.6. The summed E-state index contributed by atoms with van der Waals surface area (Å²) in [5.41, 5.74) is 3.20. The van der Waals surface area contributed by atoms with Crippen molar-refractivity contribution in [2.24, 2.45) is 0 Å². The highest BCUT2D eigenvalue weighted by Gasteiger charge is 2.31. The van der Waals surface area contributed by atoms with E-state index >= 15 is 0 Å². The van der Waals surface area contributed by atoms with Gasteiger partial charge in [0.2, 0.25) is 5.91 Å². The molecule has 0 aliphatic heterocycles. The van der Waals surface area contributed by atoms with Gasteiger partial charge in [-0.3, -0.25) is 9.59 Å². The first-order valence-corrected chi connectivity index (χ1v) is 12.3. The van der Waals surface area contributed by atoms with Gasteiger partial charge >= 0.3 is 0 Å². The van der Waals surface area contributed by atoms with Crippen LogP contribution in [0.15, 0.2) is 71.2 Å². The summed E-state index contributed by atoms with van der Waals surface area (Å²) in [6, 6.07) is 18.6. The molecule has 3 rings (SSSR count). The highest BCUT2D eigenvalue weighted by Crippen LogP contribution is 2.26. The number of nitrogens with one attached hydrogen (secondary N) is 1. The Morgan fingerprint density at radius 1 is 1.03 bits per heavy atom. The van der Waals surface area contributed by atoms with Crippen LogP contribution < -0.4 is 10.1 Å². The molecule has 0 aromatic heterocycles. The molecular weight excluding hydrogens is 511 g/mol. The molecule has 5 nitrogen and oxygen atoms in total. The molecule has 0 heterocycles. The van der Waals surface area contributed by atoms with E-state index in [2.05, 4.69) is 21.2 Å². The van der Waals surface area contributed by atoms with Gasteiger partial charge in [-0.15, -0.1) is 0 Å². The van der Waals surface area contributed by atoms with Crippen LogP contribution in [0.4, 0.5) is 4.39 Å². The van der Waals surface area contributed by atoms with Gasteiger partial charge in [0.05, 0.1) is 0 Å². The molecule has 184 valence electrons. The zero-order valence-electron chi connectivity index (χ0n) is 20.2. The quantitative estimate of drug-likeness (QED) is 0.376. The molecule has 35 heavy (non-hydrogen) atoms. The van der Waals surface area contributed by atoms with Gasteiger partial charge in [0.25, 0.3) is 5.91 Å². The highest BCUT2D eigenvalue weighted by atomic mass is 79.9. The number of halogens is 2. The van der Waals surface area contributed by atoms with Gasteiger partial charge in [0, 0.05) is 29.5 Å². The molecule has 0 saturated heterocycles. The van der Waals surface area contributed by atoms with Gasteiger partial charge in [-0.05, 0) is 55.7 Å². The van der Waals surface area contributed by atoms with Crippen LogP contribution in [0.3, 0.4) is 0 Å². The Labute approximate surface area is 214 Å². The Hall–Kier alpha value is -3.19. The molecule has 2 amide bonds. The lowest BCUT2D eigenvalue weighted by atomic mass is 10.0. The van der Waals surface area contributed by atoms with Crippen molar-refractivity contribution in [2.45, 2.75) is 39.8 Å². The summed E-state index contributed by atoms with van der Waals surface area (Å²) in [7, 11) is 0. The van der Waals surface area contributed by atoms with E-state index in [1.54, 1.807) is 18.2 Å². The number of amides is 2. The van der Waals surface area contributed by atoms with Crippen molar-refractivity contribution >= 4 is 27.7 Å². The first kappa shape index (κ1) is 26.4. The average Bonchev–Trinajstić information content (AvgIpc) is 2.85. The van der Waals surface area contributed by atoms with Crippen LogP contribution in [-0.4, -0.2) is 35.9 Å². The minimum atomic E-state index is -0.832. The molecule has 1 N–H and O–H groups in total. The summed E-state index contributed by atoms with van der Waals surface area (Å²) < 4.78 is 21.4. The van der Waals surface area contributed by atoms with Crippen molar-refractivity contribution in [1.29, 1.82) is 0 Å². The fourth-order valence-corrected chi connectivity index (χ4v) is 4.10. The maximum atomic E-state index is 14.6. The number of rotatable bonds is 10. The minimum absolute atomic E-state index is 0.0537. The maximum absolute atomic E-state index is 14.6. The largest absolute Gasteiger partial charge is 0.484 e. The number of aryl methyl sites for hydroxylation is 2. The van der Waals surface area contributed by atoms with Gasteiger partial charge in [0.15, 0.2) is 6.61 Å². The number of hydrogen-bond donors (Lipinski definition) is 1. The molecule has 0 radical (unpaired) electrons. The lowest BCUT2D eigenvalue weighted by Gasteiger charge is -2.31. The predicted octanol–water partition coefficient (Wildman–Crippen LogP) is 5.36. The Bertz CT molecular complexity index is 1150. The van der Waals surface area contributed by atoms with Gasteiger partial charge < -0.3 is 15.0 Å². The van der Waals surface area contributed by atoms with Crippen molar-refractivity contribution in [3.05, 3.63) is 99.3 Å². The maximum Gasteiger partial charge on any atom is 0.261 e. The average molecular weight is 541 g/mol. The minimum Gasteiger partial charge on any atom is -0.484 e. The van der Waals surface area contributed by atoms with Crippen molar-refractivity contribution in [2.75, 3.05) is 13.2 Å². The van der Waals surface area contributed by atoms with Crippen molar-refractivity contribution in [3.63, 3.8) is 0 Å². The summed E-state index contributed by atoms with van der Waals surface area (Å²) in [5, 5.41) is 2.82. The number of likely N-dealkylation sites (N-methyl/N-ethyl adjacent to an activating group) is 1. The first-order valence-electron chi connectivity index (χ1n) is 11.5. The fraction of sp³-hybridized carbons (Fsp3) is 0.286. The van der Waals surface area contributed by atoms with E-state index in [0.717, 1.165) is 21.2 Å². The van der Waals surface area contributed by atoms with Crippen LogP contribution in [0.25, 0.3) is 0 Å². The van der Waals surface area contributed by atoms with Crippen LogP contribution >= 0.6 is 15.9 Å². The molecule has 0 fully saturated rings. The third-order valence-electron chi connectivity index (χ3n) is 5.69. The number of carbonyl (C=O) groups is 2. The molecule has 0 bridgehead atoms. The lowest BCUT2D eigenvalue weighted by molar-refractivity contribution is -0.142. The Kier molecular flexibility index (Phi) is 9.43. The predicted molar refractivity (Wildman–Crippen MR) is 139 cm³/mol. The van der Waals surface area contributed by atoms with E-state index in [4.69, 9.17) is 4.74 Å². The third kappa shape index (κ3) is 7.15. The second kappa shape index (κ2) is 12.5. The van der Waals surface area contributed by atoms with Crippen LogP contribution in [-0.2, 0) is 22.6 Å². The van der Waals surface area contributed by atoms with E-state index in [0.29, 0.717) is 24.3 Å². The zero-order valence-corrected chi connectivity index (χ0v) is 21.8. The molecule has 1 atom stereocenters. The van der Waals surface area contributed by atoms with E-state index in [1.165, 1.54) is 11.0 Å². The van der Waals surface area contributed by atoms with Gasteiger partial charge in [-0.1, -0.05) is 64.5 Å². The summed E-state index contributed by atoms with van der Waals surface area (Å²) in [4.78, 5) is 28.0. The molecule has 0 saturated carbocycles. The molecule has 3 aromatic carbocycles. The van der Waals surface area contributed by atoms with Crippen LogP contribution in [0.2, 0.25) is 0 Å². The number of hydrogen-bond acceptors (Lipinski definition) is 3. The third-order valence-corrected chi connectivity index (χ3v) is 6.94. The molecular formula is C28H30BrFN2O3. The van der Waals surface area contributed by atoms with Crippen LogP contribution in [0.1, 0.15) is 29.2 Å². The lowest BCUT2D eigenvalue weighted by Crippen LogP contribution is -2.51. The van der Waals surface area contributed by atoms with Crippen LogP contribution in [0.5, 0.6) is 5.75 Å². The fourth-order valence-electron chi connectivity index (χ4n) is 3.87. The Balaban J connectivity index is 1.91. The van der Waals surface area contributed by atoms with E-state index in [9.17, 15) is 14.0 Å². The molecule has 7 heteroatoms. The Morgan fingerprint density at radius 3 is 2.29 bits per heavy atom. The molecule has 0 spiro atoms. The summed E-state index contributed by atoms with van der Waals surface area (Å²) in [6.07, 6.45) is 0.295. The molecule has 0 aliphatic carbocycles. The van der Waals surface area contributed by atoms with E-state index in [1.807, 2.05) is 63.2 Å². The Morgan fingerprint density at radius 2 is 1.66 bits per heavy atom. The van der Waals surface area contributed by atoms with Gasteiger partial charge in [-0.2, -0.15) is 0 Å². The van der Waals surface area contributed by atoms with Crippen LogP contribution in [0, 0.1) is 19.7 Å². The van der Waals surface area contributed by atoms with Gasteiger partial charge in [-0.25, -0.2) is 4.39 Å². The summed E-state index contributed by atoms with van der Waals surface area (Å²) >= 11 is 3.53. The standard InChI is InChI=1S/C28H30BrFN2O3/c1-4-31-28(34)25(16-21-10-6-5-7-11-21)32(17-22-12-8-9-13-24(22)30)26(33)18-35-23-14-19(2)27(29)20(3)15-23/h5-15,25H,4,16-18H2,1-3H3,(H,31,34)/t25-/m1/s1. The molecule has 3 aromatic rings. The van der Waals surface area contributed by atoms with Crippen molar-refractivity contribution in [1.82, 2.24) is 10.2 Å². The number of nitrogens with zero attached hydrogens (tertiary/aromatic N) is 1. The topological polar surface area (TPSA) is 58.6 Å². The first-order chi connectivity index (χ1) is 16.8. The summed E-state index contributed by atoms with van der Waals surface area (Å²) in [6.45, 7) is 5.80. The summed E-state index contributed by atoms with van der Waals surface area (Å²) in [5.74, 6) is -0.574. The molecule has 0 aliphatic rings. The van der Waals surface area contributed by atoms with Gasteiger partial charge in [0.1, 0.15) is 17.6 Å². The number of benzene rings is 3. The highest BCUT2D eigenvalue weighted by molar-refractivity contribution is 9.10. The molecule has 0 unspecified atom stereocenters. The van der Waals surface area contributed by atoms with Crippen molar-refractivity contribution < 1.29 is 18.7 Å². The monoisotopic (exact) mass is 540 g/mol. The smallest absolute Gasteiger partial charge is 0.261 e. The van der Waals surface area contributed by atoms with E-state index < -0.39 is 17.8 Å². The second-order valence-electron chi connectivity index (χ2n) is 8.37. The SMILES string of the molecule is CCNC(=O)[C@@H](Cc1ccccc1)N(Cc1ccccc1F)C(=O)COc1cc(C)c(Br)c(C)c1. The number of carbonyl (C=O) groups excluding carboxylic acids is 2. The number of ether oxygens (including phenoxy) is 1. The zero-order chi connectivity index (χ0) is 25.4.